The third kappa shape index (κ3) is 3.61. The van der Waals surface area contributed by atoms with Crippen molar-refractivity contribution in [2.75, 3.05) is 26.3 Å². The Bertz CT molecular complexity index is 491. The fourth-order valence-corrected chi connectivity index (χ4v) is 1.70. The number of hydrogen-bond acceptors (Lipinski definition) is 5. The van der Waals surface area contributed by atoms with Gasteiger partial charge in [-0.2, -0.15) is 0 Å². The van der Waals surface area contributed by atoms with E-state index < -0.39 is 11.8 Å². The van der Waals surface area contributed by atoms with Crippen molar-refractivity contribution in [3.8, 4) is 11.5 Å². The lowest BCUT2D eigenvalue weighted by Gasteiger charge is -2.26. The lowest BCUT2D eigenvalue weighted by Crippen LogP contribution is -2.46. The monoisotopic (exact) mass is 280 g/mol. The highest BCUT2D eigenvalue weighted by molar-refractivity contribution is 6.35. The van der Waals surface area contributed by atoms with Crippen LogP contribution in [-0.4, -0.2) is 49.3 Å². The van der Waals surface area contributed by atoms with Gasteiger partial charge < -0.3 is 25.2 Å². The summed E-state index contributed by atoms with van der Waals surface area (Å²) in [6.07, 6.45) is -0.348. The number of benzene rings is 1. The summed E-state index contributed by atoms with van der Waals surface area (Å²) >= 11 is 0. The van der Waals surface area contributed by atoms with Gasteiger partial charge in [-0.3, -0.25) is 9.59 Å². The van der Waals surface area contributed by atoms with Crippen LogP contribution in [-0.2, 0) is 9.59 Å². The van der Waals surface area contributed by atoms with E-state index in [0.717, 1.165) is 0 Å². The number of aliphatic hydroxyl groups excluding tert-OH is 1. The number of ether oxygens (including phenoxy) is 2. The maximum absolute atomic E-state index is 11.4. The Labute approximate surface area is 115 Å². The van der Waals surface area contributed by atoms with Crippen LogP contribution in [0.15, 0.2) is 24.3 Å². The molecule has 0 bridgehead atoms. The molecule has 1 aliphatic heterocycles. The van der Waals surface area contributed by atoms with E-state index in [4.69, 9.17) is 14.6 Å². The molecule has 1 aliphatic rings. The van der Waals surface area contributed by atoms with E-state index in [2.05, 4.69) is 10.6 Å². The van der Waals surface area contributed by atoms with E-state index in [1.807, 2.05) is 12.1 Å². The standard InChI is InChI=1S/C13H16N2O5/c16-6-5-14-12(17)13(18)15-7-9-8-19-10-3-1-2-4-11(10)20-9/h1-4,9,16H,5-8H2,(H,14,17)(H,15,18). The number of carbonyl (C=O) groups is 2. The van der Waals surface area contributed by atoms with Crippen molar-refractivity contribution in [1.82, 2.24) is 10.6 Å². The highest BCUT2D eigenvalue weighted by Crippen LogP contribution is 2.30. The molecule has 7 nitrogen and oxygen atoms in total. The number of para-hydroxylation sites is 2. The van der Waals surface area contributed by atoms with E-state index in [-0.39, 0.29) is 25.8 Å². The molecule has 1 unspecified atom stereocenters. The van der Waals surface area contributed by atoms with Crippen molar-refractivity contribution in [2.45, 2.75) is 6.10 Å². The molecule has 7 heteroatoms. The first-order chi connectivity index (χ1) is 9.70. The summed E-state index contributed by atoms with van der Waals surface area (Å²) in [5, 5.41) is 13.3. The number of amides is 2. The van der Waals surface area contributed by atoms with Crippen LogP contribution in [0.5, 0.6) is 11.5 Å². The van der Waals surface area contributed by atoms with Crippen molar-refractivity contribution >= 4 is 11.8 Å². The van der Waals surface area contributed by atoms with Crippen LogP contribution in [0.3, 0.4) is 0 Å². The molecule has 3 N–H and O–H groups in total. The van der Waals surface area contributed by atoms with Crippen LogP contribution in [0.25, 0.3) is 0 Å². The molecular formula is C13H16N2O5. The van der Waals surface area contributed by atoms with Crippen LogP contribution >= 0.6 is 0 Å². The number of rotatable bonds is 4. The normalized spacial score (nSPS) is 16.4. The van der Waals surface area contributed by atoms with Gasteiger partial charge in [-0.1, -0.05) is 12.1 Å². The fraction of sp³-hybridized carbons (Fsp3) is 0.385. The molecule has 1 aromatic rings. The molecule has 20 heavy (non-hydrogen) atoms. The molecule has 2 rings (SSSR count). The molecule has 0 spiro atoms. The minimum absolute atomic E-state index is 0.0443. The second kappa shape index (κ2) is 6.76. The number of hydrogen-bond donors (Lipinski definition) is 3. The molecule has 0 radical (unpaired) electrons. The van der Waals surface area contributed by atoms with Crippen molar-refractivity contribution in [2.24, 2.45) is 0 Å². The minimum Gasteiger partial charge on any atom is -0.486 e. The summed E-state index contributed by atoms with van der Waals surface area (Å²) in [7, 11) is 0. The molecule has 1 heterocycles. The highest BCUT2D eigenvalue weighted by atomic mass is 16.6. The maximum Gasteiger partial charge on any atom is 0.309 e. The lowest BCUT2D eigenvalue weighted by molar-refractivity contribution is -0.139. The first-order valence-electron chi connectivity index (χ1n) is 6.26. The molecule has 2 amide bonds. The van der Waals surface area contributed by atoms with Gasteiger partial charge in [-0.05, 0) is 12.1 Å². The van der Waals surface area contributed by atoms with Gasteiger partial charge in [-0.25, -0.2) is 0 Å². The van der Waals surface area contributed by atoms with Crippen LogP contribution in [0, 0.1) is 0 Å². The van der Waals surface area contributed by atoms with Crippen LogP contribution in [0.2, 0.25) is 0 Å². The Morgan fingerprint density at radius 2 is 1.90 bits per heavy atom. The SMILES string of the molecule is O=C(NCCO)C(=O)NCC1COc2ccccc2O1. The Balaban J connectivity index is 1.78. The zero-order chi connectivity index (χ0) is 14.4. The topological polar surface area (TPSA) is 96.9 Å². The molecule has 108 valence electrons. The predicted molar refractivity (Wildman–Crippen MR) is 69.5 cm³/mol. The first kappa shape index (κ1) is 14.1. The van der Waals surface area contributed by atoms with Gasteiger partial charge >= 0.3 is 11.8 Å². The average molecular weight is 280 g/mol. The Morgan fingerprint density at radius 3 is 2.65 bits per heavy atom. The van der Waals surface area contributed by atoms with Crippen molar-refractivity contribution in [3.63, 3.8) is 0 Å². The molecule has 0 aromatic heterocycles. The Morgan fingerprint density at radius 1 is 1.20 bits per heavy atom. The summed E-state index contributed by atoms with van der Waals surface area (Å²) in [6, 6.07) is 7.24. The second-order valence-corrected chi connectivity index (χ2v) is 4.19. The zero-order valence-electron chi connectivity index (χ0n) is 10.8. The number of carbonyl (C=O) groups excluding carboxylic acids is 2. The summed E-state index contributed by atoms with van der Waals surface area (Å²) in [5.41, 5.74) is 0. The molecule has 1 atom stereocenters. The molecule has 1 aromatic carbocycles. The van der Waals surface area contributed by atoms with Crippen LogP contribution in [0.4, 0.5) is 0 Å². The molecule has 0 saturated carbocycles. The highest BCUT2D eigenvalue weighted by Gasteiger charge is 2.22. The van der Waals surface area contributed by atoms with Crippen LogP contribution in [0.1, 0.15) is 0 Å². The fourth-order valence-electron chi connectivity index (χ4n) is 1.70. The Kier molecular flexibility index (Phi) is 4.78. The number of fused-ring (bicyclic) bond motifs is 1. The lowest BCUT2D eigenvalue weighted by atomic mass is 10.2. The minimum atomic E-state index is -0.781. The molecular weight excluding hydrogens is 264 g/mol. The third-order valence-corrected chi connectivity index (χ3v) is 2.66. The van der Waals surface area contributed by atoms with Gasteiger partial charge in [0.1, 0.15) is 12.7 Å². The van der Waals surface area contributed by atoms with E-state index in [0.29, 0.717) is 18.1 Å². The zero-order valence-corrected chi connectivity index (χ0v) is 10.8. The van der Waals surface area contributed by atoms with Crippen LogP contribution < -0.4 is 20.1 Å². The van der Waals surface area contributed by atoms with Gasteiger partial charge in [0.2, 0.25) is 0 Å². The van der Waals surface area contributed by atoms with Crippen molar-refractivity contribution in [1.29, 1.82) is 0 Å². The van der Waals surface area contributed by atoms with Crippen molar-refractivity contribution < 1.29 is 24.2 Å². The largest absolute Gasteiger partial charge is 0.486 e. The smallest absolute Gasteiger partial charge is 0.309 e. The van der Waals surface area contributed by atoms with Gasteiger partial charge in [0.05, 0.1) is 13.2 Å². The third-order valence-electron chi connectivity index (χ3n) is 2.66. The predicted octanol–water partition coefficient (Wildman–Crippen LogP) is -0.949. The Hall–Kier alpha value is -2.28. The number of aliphatic hydroxyl groups is 1. The van der Waals surface area contributed by atoms with E-state index >= 15 is 0 Å². The maximum atomic E-state index is 11.4. The summed E-state index contributed by atoms with van der Waals surface area (Å²) in [6.45, 7) is 0.299. The molecule has 0 aliphatic carbocycles. The van der Waals surface area contributed by atoms with E-state index in [1.54, 1.807) is 12.1 Å². The van der Waals surface area contributed by atoms with Gasteiger partial charge in [-0.15, -0.1) is 0 Å². The van der Waals surface area contributed by atoms with Gasteiger partial charge in [0.25, 0.3) is 0 Å². The summed E-state index contributed by atoms with van der Waals surface area (Å²) in [4.78, 5) is 22.7. The number of nitrogens with one attached hydrogen (secondary N) is 2. The first-order valence-corrected chi connectivity index (χ1v) is 6.26. The summed E-state index contributed by atoms with van der Waals surface area (Å²) in [5.74, 6) is -0.268. The molecule has 0 fully saturated rings. The second-order valence-electron chi connectivity index (χ2n) is 4.19. The quantitative estimate of drug-likeness (QED) is 0.618. The van der Waals surface area contributed by atoms with E-state index in [9.17, 15) is 9.59 Å². The molecule has 0 saturated heterocycles. The van der Waals surface area contributed by atoms with Gasteiger partial charge in [0.15, 0.2) is 11.5 Å². The van der Waals surface area contributed by atoms with E-state index in [1.165, 1.54) is 0 Å². The summed E-state index contributed by atoms with van der Waals surface area (Å²) < 4.78 is 11.1. The van der Waals surface area contributed by atoms with Crippen molar-refractivity contribution in [3.05, 3.63) is 24.3 Å². The van der Waals surface area contributed by atoms with Gasteiger partial charge in [0, 0.05) is 6.54 Å². The average Bonchev–Trinajstić information content (AvgIpc) is 2.50.